The zero-order valence-corrected chi connectivity index (χ0v) is 5.94. The SMILES string of the molecule is C#CC(C)=O.[Zr]. The number of ketones is 1. The summed E-state index contributed by atoms with van der Waals surface area (Å²) in [6.07, 6.45) is 4.57. The molecule has 0 saturated heterocycles. The maximum Gasteiger partial charge on any atom is 0.202 e. The van der Waals surface area contributed by atoms with Crippen molar-refractivity contribution in [2.75, 3.05) is 0 Å². The van der Waals surface area contributed by atoms with Gasteiger partial charge in [0.05, 0.1) is 0 Å². The topological polar surface area (TPSA) is 17.1 Å². The van der Waals surface area contributed by atoms with Crippen molar-refractivity contribution in [3.05, 3.63) is 0 Å². The average Bonchev–Trinajstić information content (AvgIpc) is 1.38. The second-order valence-corrected chi connectivity index (χ2v) is 0.701. The Morgan fingerprint density at radius 1 is 1.83 bits per heavy atom. The van der Waals surface area contributed by atoms with E-state index in [-0.39, 0.29) is 32.0 Å². The first-order valence-corrected chi connectivity index (χ1v) is 1.24. The molecule has 0 aliphatic rings. The van der Waals surface area contributed by atoms with Gasteiger partial charge in [-0.05, 0) is 5.92 Å². The van der Waals surface area contributed by atoms with Crippen LogP contribution in [0.25, 0.3) is 0 Å². The Kier molecular flexibility index (Phi) is 8.05. The van der Waals surface area contributed by atoms with E-state index < -0.39 is 0 Å². The first-order valence-electron chi connectivity index (χ1n) is 1.24. The second kappa shape index (κ2) is 5.11. The van der Waals surface area contributed by atoms with E-state index in [9.17, 15) is 4.79 Å². The van der Waals surface area contributed by atoms with Gasteiger partial charge >= 0.3 is 0 Å². The molecule has 0 spiro atoms. The first kappa shape index (κ1) is 9.45. The van der Waals surface area contributed by atoms with E-state index in [1.165, 1.54) is 6.92 Å². The van der Waals surface area contributed by atoms with Gasteiger partial charge in [0.2, 0.25) is 5.78 Å². The van der Waals surface area contributed by atoms with Gasteiger partial charge in [0.25, 0.3) is 0 Å². The Balaban J connectivity index is 0. The average molecular weight is 159 g/mol. The van der Waals surface area contributed by atoms with Gasteiger partial charge in [-0.2, -0.15) is 0 Å². The van der Waals surface area contributed by atoms with Gasteiger partial charge in [-0.1, -0.05) is 0 Å². The zero-order valence-electron chi connectivity index (χ0n) is 3.49. The van der Waals surface area contributed by atoms with Crippen molar-refractivity contribution in [1.82, 2.24) is 0 Å². The second-order valence-electron chi connectivity index (χ2n) is 0.701. The Bertz CT molecular complexity index is 80.0. The molecule has 0 radical (unpaired) electrons. The Morgan fingerprint density at radius 2 is 2.00 bits per heavy atom. The summed E-state index contributed by atoms with van der Waals surface area (Å²) in [4.78, 5) is 9.58. The molecular weight excluding hydrogens is 155 g/mol. The van der Waals surface area contributed by atoms with E-state index in [1.54, 1.807) is 0 Å². The predicted molar refractivity (Wildman–Crippen MR) is 19.5 cm³/mol. The molecular formula is C4H4OZr. The van der Waals surface area contributed by atoms with E-state index >= 15 is 0 Å². The van der Waals surface area contributed by atoms with Crippen molar-refractivity contribution in [2.45, 2.75) is 6.92 Å². The summed E-state index contributed by atoms with van der Waals surface area (Å²) in [5.74, 6) is 1.67. The van der Waals surface area contributed by atoms with Gasteiger partial charge in [-0.3, -0.25) is 4.79 Å². The third-order valence-corrected chi connectivity index (χ3v) is 0.203. The van der Waals surface area contributed by atoms with Crippen LogP contribution in [0, 0.1) is 12.3 Å². The van der Waals surface area contributed by atoms with Crippen molar-refractivity contribution in [3.63, 3.8) is 0 Å². The van der Waals surface area contributed by atoms with E-state index in [0.29, 0.717) is 0 Å². The number of carbonyl (C=O) groups is 1. The maximum absolute atomic E-state index is 9.58. The van der Waals surface area contributed by atoms with Crippen LogP contribution in [0.5, 0.6) is 0 Å². The summed E-state index contributed by atoms with van der Waals surface area (Å²) in [6.45, 7) is 1.35. The standard InChI is InChI=1S/C4H4O.Zr/c1-3-4(2)5;/h1H,2H3;. The van der Waals surface area contributed by atoms with Crippen LogP contribution in [0.2, 0.25) is 0 Å². The fraction of sp³-hybridized carbons (Fsp3) is 0.250. The maximum atomic E-state index is 9.58. The first-order chi connectivity index (χ1) is 2.27. The third-order valence-electron chi connectivity index (χ3n) is 0.203. The molecule has 0 aromatic carbocycles. The van der Waals surface area contributed by atoms with Crippen molar-refractivity contribution >= 4 is 5.78 Å². The minimum atomic E-state index is -0.218. The Hall–Kier alpha value is 0.113. The number of hydrogen-bond acceptors (Lipinski definition) is 1. The molecule has 1 nitrogen and oxygen atoms in total. The number of rotatable bonds is 0. The smallest absolute Gasteiger partial charge is 0.202 e. The predicted octanol–water partition coefficient (Wildman–Crippen LogP) is 0.206. The molecule has 0 bridgehead atoms. The van der Waals surface area contributed by atoms with Crippen LogP contribution in [0.4, 0.5) is 0 Å². The molecule has 0 aromatic rings. The van der Waals surface area contributed by atoms with Crippen molar-refractivity contribution in [2.24, 2.45) is 0 Å². The van der Waals surface area contributed by atoms with Crippen LogP contribution in [0.3, 0.4) is 0 Å². The Labute approximate surface area is 56.2 Å². The van der Waals surface area contributed by atoms with Gasteiger partial charge in [-0.15, -0.1) is 6.42 Å². The molecule has 0 amide bonds. The number of hydrogen-bond donors (Lipinski definition) is 0. The fourth-order valence-corrected chi connectivity index (χ4v) is 0. The third kappa shape index (κ3) is 8.93. The van der Waals surface area contributed by atoms with Crippen molar-refractivity contribution < 1.29 is 31.0 Å². The molecule has 0 rings (SSSR count). The van der Waals surface area contributed by atoms with Gasteiger partial charge in [-0.25, -0.2) is 0 Å². The molecule has 0 saturated carbocycles. The number of carbonyl (C=O) groups excluding carboxylic acids is 1. The Morgan fingerprint density at radius 3 is 2.00 bits per heavy atom. The molecule has 30 valence electrons. The fourth-order valence-electron chi connectivity index (χ4n) is 0. The van der Waals surface area contributed by atoms with E-state index in [4.69, 9.17) is 0 Å². The van der Waals surface area contributed by atoms with E-state index in [1.807, 2.05) is 5.92 Å². The van der Waals surface area contributed by atoms with E-state index in [2.05, 4.69) is 6.42 Å². The van der Waals surface area contributed by atoms with Crippen LogP contribution in [-0.4, -0.2) is 5.78 Å². The van der Waals surface area contributed by atoms with Gasteiger partial charge in [0, 0.05) is 33.1 Å². The van der Waals surface area contributed by atoms with Crippen LogP contribution >= 0.6 is 0 Å². The number of Topliss-reactive ketones (excluding diaryl/α,β-unsaturated/α-hetero) is 1. The summed E-state index contributed by atoms with van der Waals surface area (Å²) in [7, 11) is 0. The van der Waals surface area contributed by atoms with Crippen LogP contribution in [0.15, 0.2) is 0 Å². The number of terminal acetylenes is 1. The molecule has 6 heavy (non-hydrogen) atoms. The summed E-state index contributed by atoms with van der Waals surface area (Å²) in [5, 5.41) is 0. The zero-order chi connectivity index (χ0) is 4.28. The van der Waals surface area contributed by atoms with Crippen LogP contribution in [0.1, 0.15) is 6.92 Å². The summed E-state index contributed by atoms with van der Waals surface area (Å²) in [5.41, 5.74) is 0. The summed E-state index contributed by atoms with van der Waals surface area (Å²) >= 11 is 0. The van der Waals surface area contributed by atoms with Crippen LogP contribution < -0.4 is 0 Å². The quantitative estimate of drug-likeness (QED) is 0.365. The molecule has 0 fully saturated rings. The molecule has 0 heterocycles. The minimum absolute atomic E-state index is 0. The molecule has 0 aliphatic heterocycles. The normalized spacial score (nSPS) is 4.67. The van der Waals surface area contributed by atoms with E-state index in [0.717, 1.165) is 0 Å². The largest absolute Gasteiger partial charge is 0.285 e. The van der Waals surface area contributed by atoms with Crippen LogP contribution in [-0.2, 0) is 31.0 Å². The molecule has 0 aliphatic carbocycles. The molecule has 2 heteroatoms. The summed E-state index contributed by atoms with van der Waals surface area (Å²) < 4.78 is 0. The molecule has 0 unspecified atom stereocenters. The van der Waals surface area contributed by atoms with Gasteiger partial charge in [0.1, 0.15) is 0 Å². The summed E-state index contributed by atoms with van der Waals surface area (Å²) in [6, 6.07) is 0. The molecule has 0 atom stereocenters. The molecule has 0 N–H and O–H groups in total. The monoisotopic (exact) mass is 158 g/mol. The molecule has 0 aromatic heterocycles. The van der Waals surface area contributed by atoms with Crippen molar-refractivity contribution in [1.29, 1.82) is 0 Å². The van der Waals surface area contributed by atoms with Crippen molar-refractivity contribution in [3.8, 4) is 12.3 Å². The van der Waals surface area contributed by atoms with Gasteiger partial charge in [0.15, 0.2) is 0 Å². The van der Waals surface area contributed by atoms with Gasteiger partial charge < -0.3 is 0 Å². The minimum Gasteiger partial charge on any atom is -0.285 e.